The molecular weight excluding hydrogens is 208 g/mol. The standard InChI is InChI=1S/C12H16O4/c1-8(12(13)14)9-4-5-11(16-3)10(6-9)7-15-2/h4-6,8H,7H2,1-3H3,(H,13,14). The van der Waals surface area contributed by atoms with Crippen LogP contribution in [-0.2, 0) is 16.1 Å². The molecule has 0 saturated heterocycles. The zero-order chi connectivity index (χ0) is 12.1. The molecule has 0 aliphatic carbocycles. The van der Waals surface area contributed by atoms with Crippen molar-refractivity contribution in [3.05, 3.63) is 29.3 Å². The fourth-order valence-corrected chi connectivity index (χ4v) is 1.48. The third-order valence-corrected chi connectivity index (χ3v) is 2.47. The van der Waals surface area contributed by atoms with Gasteiger partial charge in [0.2, 0.25) is 0 Å². The van der Waals surface area contributed by atoms with E-state index in [1.807, 2.05) is 0 Å². The Labute approximate surface area is 94.8 Å². The second-order valence-electron chi connectivity index (χ2n) is 3.56. The summed E-state index contributed by atoms with van der Waals surface area (Å²) in [5, 5.41) is 8.92. The second-order valence-corrected chi connectivity index (χ2v) is 3.56. The van der Waals surface area contributed by atoms with Crippen LogP contribution in [0.25, 0.3) is 0 Å². The smallest absolute Gasteiger partial charge is 0.310 e. The molecule has 1 rings (SSSR count). The van der Waals surface area contributed by atoms with Crippen molar-refractivity contribution in [3.8, 4) is 5.75 Å². The summed E-state index contributed by atoms with van der Waals surface area (Å²) in [7, 11) is 3.17. The van der Waals surface area contributed by atoms with Crippen molar-refractivity contribution in [2.24, 2.45) is 0 Å². The first-order valence-electron chi connectivity index (χ1n) is 4.98. The molecule has 0 fully saturated rings. The summed E-state index contributed by atoms with van der Waals surface area (Å²) in [6.07, 6.45) is 0. The Balaban J connectivity index is 3.05. The molecule has 0 aliphatic heterocycles. The number of carbonyl (C=O) groups is 1. The lowest BCUT2D eigenvalue weighted by molar-refractivity contribution is -0.138. The van der Waals surface area contributed by atoms with Crippen molar-refractivity contribution >= 4 is 5.97 Å². The summed E-state index contributed by atoms with van der Waals surface area (Å²) >= 11 is 0. The SMILES string of the molecule is COCc1cc(C(C)C(=O)O)ccc1OC. The van der Waals surface area contributed by atoms with Gasteiger partial charge in [-0.3, -0.25) is 4.79 Å². The number of benzene rings is 1. The van der Waals surface area contributed by atoms with Gasteiger partial charge in [0.05, 0.1) is 19.6 Å². The van der Waals surface area contributed by atoms with Crippen LogP contribution < -0.4 is 4.74 Å². The Hall–Kier alpha value is -1.55. The van der Waals surface area contributed by atoms with E-state index in [0.717, 1.165) is 11.1 Å². The summed E-state index contributed by atoms with van der Waals surface area (Å²) in [5.41, 5.74) is 1.61. The highest BCUT2D eigenvalue weighted by molar-refractivity contribution is 5.75. The molecule has 0 spiro atoms. The van der Waals surface area contributed by atoms with Crippen molar-refractivity contribution in [1.82, 2.24) is 0 Å². The molecule has 1 N–H and O–H groups in total. The molecule has 0 aliphatic rings. The van der Waals surface area contributed by atoms with Gasteiger partial charge in [0.25, 0.3) is 0 Å². The third-order valence-electron chi connectivity index (χ3n) is 2.47. The summed E-state index contributed by atoms with van der Waals surface area (Å²) in [4.78, 5) is 10.9. The van der Waals surface area contributed by atoms with Crippen LogP contribution in [0, 0.1) is 0 Å². The molecule has 1 atom stereocenters. The van der Waals surface area contributed by atoms with Crippen LogP contribution in [0.15, 0.2) is 18.2 Å². The van der Waals surface area contributed by atoms with Gasteiger partial charge in [0, 0.05) is 12.7 Å². The lowest BCUT2D eigenvalue weighted by Crippen LogP contribution is -2.08. The zero-order valence-corrected chi connectivity index (χ0v) is 9.69. The minimum Gasteiger partial charge on any atom is -0.496 e. The molecule has 4 heteroatoms. The largest absolute Gasteiger partial charge is 0.496 e. The van der Waals surface area contributed by atoms with Gasteiger partial charge in [0.15, 0.2) is 0 Å². The van der Waals surface area contributed by atoms with Gasteiger partial charge in [-0.2, -0.15) is 0 Å². The van der Waals surface area contributed by atoms with Crippen molar-refractivity contribution in [1.29, 1.82) is 0 Å². The van der Waals surface area contributed by atoms with E-state index < -0.39 is 11.9 Å². The molecule has 4 nitrogen and oxygen atoms in total. The second kappa shape index (κ2) is 5.51. The molecule has 1 aromatic rings. The van der Waals surface area contributed by atoms with Crippen molar-refractivity contribution < 1.29 is 19.4 Å². The fourth-order valence-electron chi connectivity index (χ4n) is 1.48. The summed E-state index contributed by atoms with van der Waals surface area (Å²) < 4.78 is 10.2. The Kier molecular flexibility index (Phi) is 4.31. The molecule has 1 unspecified atom stereocenters. The van der Waals surface area contributed by atoms with Crippen LogP contribution in [0.1, 0.15) is 24.0 Å². The van der Waals surface area contributed by atoms with Gasteiger partial charge in [-0.15, -0.1) is 0 Å². The van der Waals surface area contributed by atoms with Crippen LogP contribution >= 0.6 is 0 Å². The predicted molar refractivity (Wildman–Crippen MR) is 59.8 cm³/mol. The first-order chi connectivity index (χ1) is 7.60. The first-order valence-corrected chi connectivity index (χ1v) is 4.98. The maximum absolute atomic E-state index is 10.9. The number of carboxylic acid groups (broad SMARTS) is 1. The van der Waals surface area contributed by atoms with Crippen molar-refractivity contribution in [2.45, 2.75) is 19.4 Å². The topological polar surface area (TPSA) is 55.8 Å². The minimum absolute atomic E-state index is 0.406. The van der Waals surface area contributed by atoms with E-state index in [0.29, 0.717) is 12.4 Å². The molecule has 88 valence electrons. The number of rotatable bonds is 5. The number of hydrogen-bond donors (Lipinski definition) is 1. The molecule has 0 aromatic heterocycles. The Morgan fingerprint density at radius 2 is 2.12 bits per heavy atom. The highest BCUT2D eigenvalue weighted by atomic mass is 16.5. The number of aliphatic carboxylic acids is 1. The quantitative estimate of drug-likeness (QED) is 0.831. The molecule has 0 radical (unpaired) electrons. The van der Waals surface area contributed by atoms with Crippen molar-refractivity contribution in [2.75, 3.05) is 14.2 Å². The fraction of sp³-hybridized carbons (Fsp3) is 0.417. The summed E-state index contributed by atoms with van der Waals surface area (Å²) in [6, 6.07) is 5.33. The Morgan fingerprint density at radius 1 is 1.44 bits per heavy atom. The maximum atomic E-state index is 10.9. The molecule has 0 heterocycles. The van der Waals surface area contributed by atoms with Crippen LogP contribution in [0.4, 0.5) is 0 Å². The molecule has 0 bridgehead atoms. The average Bonchev–Trinajstić information content (AvgIpc) is 2.28. The molecule has 0 saturated carbocycles. The van der Waals surface area contributed by atoms with Crippen LogP contribution in [-0.4, -0.2) is 25.3 Å². The van der Waals surface area contributed by atoms with E-state index in [1.54, 1.807) is 39.3 Å². The van der Waals surface area contributed by atoms with E-state index in [4.69, 9.17) is 14.6 Å². The van der Waals surface area contributed by atoms with Crippen LogP contribution in [0.3, 0.4) is 0 Å². The van der Waals surface area contributed by atoms with E-state index in [1.165, 1.54) is 0 Å². The number of ether oxygens (including phenoxy) is 2. The highest BCUT2D eigenvalue weighted by Crippen LogP contribution is 2.25. The normalized spacial score (nSPS) is 12.2. The average molecular weight is 224 g/mol. The number of methoxy groups -OCH3 is 2. The lowest BCUT2D eigenvalue weighted by Gasteiger charge is -2.12. The monoisotopic (exact) mass is 224 g/mol. The van der Waals surface area contributed by atoms with Gasteiger partial charge in [-0.05, 0) is 24.6 Å². The lowest BCUT2D eigenvalue weighted by atomic mass is 9.99. The predicted octanol–water partition coefficient (Wildman–Crippen LogP) is 2.03. The molecule has 0 amide bonds. The summed E-state index contributed by atoms with van der Waals surface area (Å²) in [6.45, 7) is 2.06. The summed E-state index contributed by atoms with van der Waals surface area (Å²) in [5.74, 6) is -0.654. The van der Waals surface area contributed by atoms with Crippen molar-refractivity contribution in [3.63, 3.8) is 0 Å². The maximum Gasteiger partial charge on any atom is 0.310 e. The van der Waals surface area contributed by atoms with E-state index in [-0.39, 0.29) is 0 Å². The van der Waals surface area contributed by atoms with Crippen LogP contribution in [0.5, 0.6) is 5.75 Å². The van der Waals surface area contributed by atoms with Gasteiger partial charge < -0.3 is 14.6 Å². The Bertz CT molecular complexity index is 373. The van der Waals surface area contributed by atoms with Gasteiger partial charge in [-0.25, -0.2) is 0 Å². The van der Waals surface area contributed by atoms with Gasteiger partial charge in [0.1, 0.15) is 5.75 Å². The highest BCUT2D eigenvalue weighted by Gasteiger charge is 2.15. The van der Waals surface area contributed by atoms with E-state index in [2.05, 4.69) is 0 Å². The van der Waals surface area contributed by atoms with Crippen LogP contribution in [0.2, 0.25) is 0 Å². The molecular formula is C12H16O4. The Morgan fingerprint density at radius 3 is 2.62 bits per heavy atom. The first kappa shape index (κ1) is 12.5. The van der Waals surface area contributed by atoms with E-state index >= 15 is 0 Å². The van der Waals surface area contributed by atoms with Gasteiger partial charge in [-0.1, -0.05) is 6.07 Å². The van der Waals surface area contributed by atoms with E-state index in [9.17, 15) is 4.79 Å². The minimum atomic E-state index is -0.839. The number of hydrogen-bond acceptors (Lipinski definition) is 3. The van der Waals surface area contributed by atoms with Gasteiger partial charge >= 0.3 is 5.97 Å². The molecule has 1 aromatic carbocycles. The third kappa shape index (κ3) is 2.73. The number of carboxylic acids is 1. The molecule has 16 heavy (non-hydrogen) atoms. The zero-order valence-electron chi connectivity index (χ0n) is 9.69.